The molecule has 0 radical (unpaired) electrons. The lowest BCUT2D eigenvalue weighted by molar-refractivity contribution is 0.0163. The number of benzene rings is 3. The molecule has 4 rings (SSSR count). The monoisotopic (exact) mass is 619 g/mol. The molecule has 1 unspecified atom stereocenters. The number of hydrogen-bond acceptors (Lipinski definition) is 4. The molecule has 2 amide bonds. The number of nitrogens with one attached hydrogen (secondary N) is 1. The number of nitrogens with two attached hydrogens (primary N) is 1. The van der Waals surface area contributed by atoms with Gasteiger partial charge < -0.3 is 20.7 Å². The Labute approximate surface area is 266 Å². The van der Waals surface area contributed by atoms with E-state index in [0.29, 0.717) is 35.7 Å². The first-order valence-corrected chi connectivity index (χ1v) is 16.1. The predicted molar refractivity (Wildman–Crippen MR) is 174 cm³/mol. The molecule has 1 aliphatic rings. The average molecular weight is 620 g/mol. The van der Waals surface area contributed by atoms with Gasteiger partial charge >= 0.3 is 0 Å². The summed E-state index contributed by atoms with van der Waals surface area (Å²) in [6.07, 6.45) is 3.48. The van der Waals surface area contributed by atoms with Gasteiger partial charge in [-0.25, -0.2) is 8.78 Å². The first-order chi connectivity index (χ1) is 21.4. The zero-order valence-corrected chi connectivity index (χ0v) is 27.2. The summed E-state index contributed by atoms with van der Waals surface area (Å²) in [5.41, 5.74) is 10.5. The molecule has 1 aliphatic carbocycles. The molecule has 2 atom stereocenters. The third kappa shape index (κ3) is 8.98. The number of amides is 2. The molecule has 3 aromatic carbocycles. The van der Waals surface area contributed by atoms with Crippen molar-refractivity contribution in [3.8, 4) is 0 Å². The van der Waals surface area contributed by atoms with E-state index in [1.807, 2.05) is 26.8 Å². The summed E-state index contributed by atoms with van der Waals surface area (Å²) in [5.74, 6) is -1.56. The van der Waals surface area contributed by atoms with E-state index in [4.69, 9.17) is 10.5 Å². The SMILES string of the molecule is CCCN(CCC)C(=O)c1cc(C)cc(C(=O)N[C@@H](Cc2cc(F)cc(F)c2)C(N)COC2(c3cccc(C(C)C)c3)CC2)c1. The Morgan fingerprint density at radius 2 is 1.60 bits per heavy atom. The van der Waals surface area contributed by atoms with Crippen molar-refractivity contribution < 1.29 is 23.1 Å². The van der Waals surface area contributed by atoms with Crippen molar-refractivity contribution in [2.24, 2.45) is 5.73 Å². The van der Waals surface area contributed by atoms with Crippen LogP contribution in [0.5, 0.6) is 0 Å². The zero-order chi connectivity index (χ0) is 32.7. The number of halogens is 2. The molecular formula is C37H47F2N3O3. The van der Waals surface area contributed by atoms with E-state index in [1.165, 1.54) is 17.7 Å². The number of aryl methyl sites for hydroxylation is 1. The Bertz CT molecular complexity index is 1460. The number of carbonyl (C=O) groups is 2. The van der Waals surface area contributed by atoms with E-state index in [1.54, 1.807) is 23.1 Å². The van der Waals surface area contributed by atoms with Crippen LogP contribution in [0.4, 0.5) is 8.78 Å². The van der Waals surface area contributed by atoms with Crippen LogP contribution in [-0.2, 0) is 16.8 Å². The summed E-state index contributed by atoms with van der Waals surface area (Å²) in [4.78, 5) is 28.8. The Morgan fingerprint density at radius 3 is 2.20 bits per heavy atom. The van der Waals surface area contributed by atoms with Crippen LogP contribution in [0.3, 0.4) is 0 Å². The molecule has 0 spiro atoms. The van der Waals surface area contributed by atoms with Gasteiger partial charge in [-0.1, -0.05) is 52.0 Å². The standard InChI is InChI=1S/C37H47F2N3O3/c1-6-13-42(14-7-2)36(44)29-16-25(5)15-28(20-29)35(43)41-34(19-26-17-31(38)22-32(39)18-26)33(40)23-45-37(11-12-37)30-10-8-9-27(21-30)24(3)4/h8-10,15-18,20-22,24,33-34H,6-7,11-14,19,23,40H2,1-5H3,(H,41,43)/t33?,34-/m0/s1. The molecule has 0 aliphatic heterocycles. The summed E-state index contributed by atoms with van der Waals surface area (Å²) in [6, 6.07) is 15.4. The molecule has 0 saturated heterocycles. The molecule has 1 fully saturated rings. The van der Waals surface area contributed by atoms with E-state index >= 15 is 0 Å². The topological polar surface area (TPSA) is 84.7 Å². The molecule has 242 valence electrons. The predicted octanol–water partition coefficient (Wildman–Crippen LogP) is 7.03. The van der Waals surface area contributed by atoms with Crippen molar-refractivity contribution in [3.05, 3.63) is 106 Å². The fraction of sp³-hybridized carbons (Fsp3) is 0.459. The fourth-order valence-corrected chi connectivity index (χ4v) is 5.80. The summed E-state index contributed by atoms with van der Waals surface area (Å²) >= 11 is 0. The van der Waals surface area contributed by atoms with Gasteiger partial charge in [0, 0.05) is 36.3 Å². The van der Waals surface area contributed by atoms with Gasteiger partial charge in [-0.15, -0.1) is 0 Å². The lowest BCUT2D eigenvalue weighted by Crippen LogP contribution is -2.51. The van der Waals surface area contributed by atoms with Crippen LogP contribution < -0.4 is 11.1 Å². The van der Waals surface area contributed by atoms with Gasteiger partial charge in [-0.3, -0.25) is 9.59 Å². The Kier molecular flexibility index (Phi) is 11.5. The second-order valence-corrected chi connectivity index (χ2v) is 12.7. The highest BCUT2D eigenvalue weighted by Gasteiger charge is 2.46. The number of hydrogen-bond donors (Lipinski definition) is 2. The molecule has 0 bridgehead atoms. The first-order valence-electron chi connectivity index (χ1n) is 16.1. The van der Waals surface area contributed by atoms with Crippen LogP contribution in [0.15, 0.2) is 60.7 Å². The highest BCUT2D eigenvalue weighted by Crippen LogP contribution is 2.49. The Hall–Kier alpha value is -3.62. The summed E-state index contributed by atoms with van der Waals surface area (Å²) in [6.45, 7) is 11.6. The molecule has 0 aromatic heterocycles. The van der Waals surface area contributed by atoms with Crippen LogP contribution in [0, 0.1) is 18.6 Å². The minimum atomic E-state index is -0.701. The zero-order valence-electron chi connectivity index (χ0n) is 27.2. The summed E-state index contributed by atoms with van der Waals surface area (Å²) in [5, 5.41) is 3.00. The fourth-order valence-electron chi connectivity index (χ4n) is 5.80. The summed E-state index contributed by atoms with van der Waals surface area (Å²) < 4.78 is 34.7. The quantitative estimate of drug-likeness (QED) is 0.191. The van der Waals surface area contributed by atoms with Crippen molar-refractivity contribution in [2.45, 2.75) is 90.3 Å². The first kappa shape index (κ1) is 34.3. The van der Waals surface area contributed by atoms with E-state index in [2.05, 4.69) is 37.4 Å². The van der Waals surface area contributed by atoms with Crippen LogP contribution in [-0.4, -0.2) is 48.5 Å². The second kappa shape index (κ2) is 15.1. The smallest absolute Gasteiger partial charge is 0.253 e. The Balaban J connectivity index is 1.56. The molecule has 0 heterocycles. The normalized spacial score (nSPS) is 15.0. The largest absolute Gasteiger partial charge is 0.369 e. The molecule has 6 nitrogen and oxygen atoms in total. The minimum absolute atomic E-state index is 0.0964. The van der Waals surface area contributed by atoms with Gasteiger partial charge in [-0.05, 0) is 97.5 Å². The van der Waals surface area contributed by atoms with Gasteiger partial charge in [0.25, 0.3) is 11.8 Å². The highest BCUT2D eigenvalue weighted by molar-refractivity contribution is 6.00. The minimum Gasteiger partial charge on any atom is -0.369 e. The lowest BCUT2D eigenvalue weighted by Gasteiger charge is -2.28. The Morgan fingerprint density at radius 1 is 0.956 bits per heavy atom. The molecule has 8 heteroatoms. The van der Waals surface area contributed by atoms with E-state index < -0.39 is 35.2 Å². The third-order valence-corrected chi connectivity index (χ3v) is 8.41. The van der Waals surface area contributed by atoms with E-state index in [-0.39, 0.29) is 18.9 Å². The van der Waals surface area contributed by atoms with Gasteiger partial charge in [0.15, 0.2) is 0 Å². The number of rotatable bonds is 15. The van der Waals surface area contributed by atoms with Gasteiger partial charge in [-0.2, -0.15) is 0 Å². The van der Waals surface area contributed by atoms with Gasteiger partial charge in [0.2, 0.25) is 0 Å². The van der Waals surface area contributed by atoms with Crippen LogP contribution >= 0.6 is 0 Å². The molecule has 3 aromatic rings. The maximum Gasteiger partial charge on any atom is 0.253 e. The van der Waals surface area contributed by atoms with Crippen molar-refractivity contribution in [1.82, 2.24) is 10.2 Å². The van der Waals surface area contributed by atoms with Crippen molar-refractivity contribution in [3.63, 3.8) is 0 Å². The molecule has 3 N–H and O–H groups in total. The van der Waals surface area contributed by atoms with Crippen molar-refractivity contribution in [2.75, 3.05) is 19.7 Å². The van der Waals surface area contributed by atoms with Crippen LogP contribution in [0.2, 0.25) is 0 Å². The summed E-state index contributed by atoms with van der Waals surface area (Å²) in [7, 11) is 0. The van der Waals surface area contributed by atoms with Gasteiger partial charge in [0.1, 0.15) is 11.6 Å². The molecule has 1 saturated carbocycles. The lowest BCUT2D eigenvalue weighted by atomic mass is 9.97. The highest BCUT2D eigenvalue weighted by atomic mass is 19.1. The average Bonchev–Trinajstić information content (AvgIpc) is 3.79. The number of ether oxygens (including phenoxy) is 1. The number of nitrogens with zero attached hydrogens (tertiary/aromatic N) is 1. The maximum absolute atomic E-state index is 14.1. The van der Waals surface area contributed by atoms with Crippen molar-refractivity contribution in [1.29, 1.82) is 0 Å². The molecule has 45 heavy (non-hydrogen) atoms. The van der Waals surface area contributed by atoms with Crippen LogP contribution in [0.1, 0.15) is 102 Å². The second-order valence-electron chi connectivity index (χ2n) is 12.7. The van der Waals surface area contributed by atoms with Crippen molar-refractivity contribution >= 4 is 11.8 Å². The maximum atomic E-state index is 14.1. The third-order valence-electron chi connectivity index (χ3n) is 8.41. The number of carbonyl (C=O) groups excluding carboxylic acids is 2. The van der Waals surface area contributed by atoms with Gasteiger partial charge in [0.05, 0.1) is 18.2 Å². The molecular weight excluding hydrogens is 572 g/mol. The van der Waals surface area contributed by atoms with E-state index in [0.717, 1.165) is 42.9 Å². The van der Waals surface area contributed by atoms with Crippen LogP contribution in [0.25, 0.3) is 0 Å². The van der Waals surface area contributed by atoms with E-state index in [9.17, 15) is 18.4 Å².